The first kappa shape index (κ1) is 15.5. The average Bonchev–Trinajstić information content (AvgIpc) is 2.98. The Bertz CT molecular complexity index is 763. The molecule has 1 aromatic carbocycles. The van der Waals surface area contributed by atoms with Crippen molar-refractivity contribution in [3.63, 3.8) is 0 Å². The molecule has 120 valence electrons. The number of hydrogen-bond acceptors (Lipinski definition) is 3. The predicted octanol–water partition coefficient (Wildman–Crippen LogP) is 3.00. The van der Waals surface area contributed by atoms with Gasteiger partial charge in [0.25, 0.3) is 0 Å². The van der Waals surface area contributed by atoms with Gasteiger partial charge in [0.05, 0.1) is 12.1 Å². The number of nitrogens with zero attached hydrogens (tertiary/aromatic N) is 3. The molecule has 2 heterocycles. The Morgan fingerprint density at radius 2 is 1.96 bits per heavy atom. The summed E-state index contributed by atoms with van der Waals surface area (Å²) in [5, 5.41) is 15.8. The molecule has 1 unspecified atom stereocenters. The van der Waals surface area contributed by atoms with Crippen LogP contribution in [0.5, 0.6) is 0 Å². The monoisotopic (exact) mass is 310 g/mol. The van der Waals surface area contributed by atoms with E-state index in [-0.39, 0.29) is 11.5 Å². The second kappa shape index (κ2) is 5.66. The van der Waals surface area contributed by atoms with Crippen molar-refractivity contribution in [1.82, 2.24) is 4.57 Å². The molecule has 1 atom stereocenters. The fraction of sp³-hybridized carbons (Fsp3) is 0.333. The summed E-state index contributed by atoms with van der Waals surface area (Å²) in [6.07, 6.45) is 6.50. The molecule has 1 aliphatic rings. The van der Waals surface area contributed by atoms with Gasteiger partial charge < -0.3 is 15.5 Å². The second-order valence-electron chi connectivity index (χ2n) is 6.67. The van der Waals surface area contributed by atoms with Gasteiger partial charge in [-0.05, 0) is 49.7 Å². The summed E-state index contributed by atoms with van der Waals surface area (Å²) in [7, 11) is 0. The summed E-state index contributed by atoms with van der Waals surface area (Å²) >= 11 is 0. The fourth-order valence-corrected chi connectivity index (χ4v) is 2.78. The molecule has 3 rings (SSSR count). The Morgan fingerprint density at radius 1 is 1.26 bits per heavy atom. The maximum absolute atomic E-state index is 11.9. The van der Waals surface area contributed by atoms with E-state index in [9.17, 15) is 5.21 Å². The third-order valence-electron chi connectivity index (χ3n) is 4.22. The number of hydrazone groups is 1. The van der Waals surface area contributed by atoms with Crippen molar-refractivity contribution in [2.45, 2.75) is 32.7 Å². The van der Waals surface area contributed by atoms with E-state index in [0.29, 0.717) is 0 Å². The van der Waals surface area contributed by atoms with E-state index in [1.807, 2.05) is 68.1 Å². The molecule has 5 nitrogen and oxygen atoms in total. The quantitative estimate of drug-likeness (QED) is 0.699. The summed E-state index contributed by atoms with van der Waals surface area (Å²) in [4.78, 5) is 0.730. The molecule has 0 radical (unpaired) electrons. The maximum Gasteiger partial charge on any atom is 0.232 e. The largest absolute Gasteiger partial charge is 0.594 e. The maximum atomic E-state index is 11.9. The number of nitrogens with two attached hydrogens (primary N) is 1. The van der Waals surface area contributed by atoms with Crippen LogP contribution in [0.15, 0.2) is 47.8 Å². The average molecular weight is 310 g/mol. The van der Waals surface area contributed by atoms with Gasteiger partial charge in [-0.15, -0.1) is 0 Å². The Kier molecular flexibility index (Phi) is 3.82. The lowest BCUT2D eigenvalue weighted by molar-refractivity contribution is -0.466. The van der Waals surface area contributed by atoms with Crippen molar-refractivity contribution >= 4 is 11.9 Å². The van der Waals surface area contributed by atoms with Crippen molar-refractivity contribution in [2.75, 3.05) is 0 Å². The lowest BCUT2D eigenvalue weighted by atomic mass is 9.95. The molecule has 1 aromatic heterocycles. The molecular formula is C18H22N4O. The minimum Gasteiger partial charge on any atom is -0.594 e. The van der Waals surface area contributed by atoms with Gasteiger partial charge >= 0.3 is 0 Å². The normalized spacial score (nSPS) is 18.5. The topological polar surface area (TPSA) is 69.4 Å². The van der Waals surface area contributed by atoms with Gasteiger partial charge in [0.1, 0.15) is 0 Å². The lowest BCUT2D eigenvalue weighted by Crippen LogP contribution is -2.27. The van der Waals surface area contributed by atoms with Gasteiger partial charge in [0.2, 0.25) is 5.71 Å². The van der Waals surface area contributed by atoms with E-state index in [1.54, 1.807) is 6.21 Å². The highest BCUT2D eigenvalue weighted by molar-refractivity contribution is 6.00. The predicted molar refractivity (Wildman–Crippen MR) is 93.0 cm³/mol. The molecule has 0 aliphatic carbocycles. The van der Waals surface area contributed by atoms with E-state index >= 15 is 0 Å². The van der Waals surface area contributed by atoms with E-state index in [1.165, 1.54) is 0 Å². The minimum absolute atomic E-state index is 0.173. The molecule has 0 amide bonds. The highest BCUT2D eigenvalue weighted by atomic mass is 16.5. The van der Waals surface area contributed by atoms with E-state index in [0.717, 1.165) is 33.8 Å². The molecule has 23 heavy (non-hydrogen) atoms. The first-order valence-corrected chi connectivity index (χ1v) is 7.81. The van der Waals surface area contributed by atoms with E-state index in [2.05, 4.69) is 5.10 Å². The van der Waals surface area contributed by atoms with Crippen LogP contribution < -0.4 is 5.73 Å². The first-order chi connectivity index (χ1) is 10.9. The van der Waals surface area contributed by atoms with Crippen LogP contribution in [-0.4, -0.2) is 21.3 Å². The summed E-state index contributed by atoms with van der Waals surface area (Å²) < 4.78 is 2.04. The SMILES string of the molecule is CC1CC=N[N+]([O-])=C1c1ccc(-n2ccc(C(C)(C)N)c2)cc1. The van der Waals surface area contributed by atoms with Crippen molar-refractivity contribution in [1.29, 1.82) is 0 Å². The van der Waals surface area contributed by atoms with Crippen LogP contribution >= 0.6 is 0 Å². The molecule has 0 fully saturated rings. The molecular weight excluding hydrogens is 288 g/mol. The molecule has 1 aliphatic heterocycles. The second-order valence-corrected chi connectivity index (χ2v) is 6.67. The van der Waals surface area contributed by atoms with Crippen LogP contribution in [0.4, 0.5) is 0 Å². The van der Waals surface area contributed by atoms with Gasteiger partial charge in [0, 0.05) is 40.7 Å². The third-order valence-corrected chi connectivity index (χ3v) is 4.22. The highest BCUT2D eigenvalue weighted by Gasteiger charge is 2.24. The Hall–Kier alpha value is -2.40. The Labute approximate surface area is 136 Å². The lowest BCUT2D eigenvalue weighted by Gasteiger charge is -2.16. The summed E-state index contributed by atoms with van der Waals surface area (Å²) in [6.45, 7) is 6.02. The fourth-order valence-electron chi connectivity index (χ4n) is 2.78. The number of benzene rings is 1. The molecule has 2 aromatic rings. The zero-order valence-electron chi connectivity index (χ0n) is 13.7. The van der Waals surface area contributed by atoms with Gasteiger partial charge in [-0.1, -0.05) is 11.8 Å². The van der Waals surface area contributed by atoms with Gasteiger partial charge in [-0.2, -0.15) is 0 Å². The zero-order valence-corrected chi connectivity index (χ0v) is 13.7. The molecule has 2 N–H and O–H groups in total. The van der Waals surface area contributed by atoms with Crippen LogP contribution in [0.1, 0.15) is 38.3 Å². The number of hydrogen-bond donors (Lipinski definition) is 1. The molecule has 0 saturated carbocycles. The Morgan fingerprint density at radius 3 is 2.52 bits per heavy atom. The standard InChI is InChI=1S/C18H22N4O/c1-13-8-10-20-22(23)17(13)14-4-6-16(7-5-14)21-11-9-15(12-21)18(2,3)19/h4-7,9-13H,8,19H2,1-3H3. The number of aromatic nitrogens is 1. The van der Waals surface area contributed by atoms with Crippen LogP contribution in [-0.2, 0) is 5.54 Å². The van der Waals surface area contributed by atoms with Crippen LogP contribution in [0.25, 0.3) is 5.69 Å². The summed E-state index contributed by atoms with van der Waals surface area (Å²) in [6, 6.07) is 9.99. The van der Waals surface area contributed by atoms with Crippen molar-refractivity contribution < 1.29 is 4.85 Å². The summed E-state index contributed by atoms with van der Waals surface area (Å²) in [5.41, 5.74) is 9.52. The van der Waals surface area contributed by atoms with Crippen LogP contribution in [0.3, 0.4) is 0 Å². The molecule has 0 bridgehead atoms. The number of rotatable bonds is 3. The van der Waals surface area contributed by atoms with Crippen molar-refractivity contribution in [2.24, 2.45) is 16.8 Å². The third kappa shape index (κ3) is 3.05. The Balaban J connectivity index is 1.91. The first-order valence-electron chi connectivity index (χ1n) is 7.81. The van der Waals surface area contributed by atoms with E-state index in [4.69, 9.17) is 5.73 Å². The van der Waals surface area contributed by atoms with Crippen LogP contribution in [0.2, 0.25) is 0 Å². The van der Waals surface area contributed by atoms with Crippen molar-refractivity contribution in [3.05, 3.63) is 59.1 Å². The smallest absolute Gasteiger partial charge is 0.232 e. The molecule has 0 saturated heterocycles. The molecule has 0 spiro atoms. The van der Waals surface area contributed by atoms with Crippen LogP contribution in [0, 0.1) is 11.1 Å². The van der Waals surface area contributed by atoms with Crippen molar-refractivity contribution in [3.8, 4) is 5.69 Å². The van der Waals surface area contributed by atoms with Gasteiger partial charge in [-0.25, -0.2) is 0 Å². The minimum atomic E-state index is -0.361. The molecule has 5 heteroatoms. The summed E-state index contributed by atoms with van der Waals surface area (Å²) in [5.74, 6) is 0.173. The van der Waals surface area contributed by atoms with E-state index < -0.39 is 0 Å². The van der Waals surface area contributed by atoms with Gasteiger partial charge in [0.15, 0.2) is 0 Å². The zero-order chi connectivity index (χ0) is 16.6. The highest BCUT2D eigenvalue weighted by Crippen LogP contribution is 2.21. The van der Waals surface area contributed by atoms with Gasteiger partial charge in [-0.3, -0.25) is 0 Å².